The number of thiophene rings is 1. The van der Waals surface area contributed by atoms with Crippen molar-refractivity contribution < 1.29 is 4.42 Å². The molecule has 3 aromatic heterocycles. The maximum Gasteiger partial charge on any atom is 0.143 e. The molecule has 0 atom stereocenters. The van der Waals surface area contributed by atoms with E-state index in [1.54, 1.807) is 0 Å². The maximum absolute atomic E-state index is 6.51. The molecule has 45 heavy (non-hydrogen) atoms. The van der Waals surface area contributed by atoms with E-state index in [0.717, 1.165) is 21.9 Å². The quantitative estimate of drug-likeness (QED) is 0.200. The number of furan rings is 1. The molecule has 3 heteroatoms. The predicted molar refractivity (Wildman–Crippen MR) is 192 cm³/mol. The van der Waals surface area contributed by atoms with E-state index in [1.165, 1.54) is 69.9 Å². The van der Waals surface area contributed by atoms with Gasteiger partial charge in [0.2, 0.25) is 0 Å². The smallest absolute Gasteiger partial charge is 0.143 e. The van der Waals surface area contributed by atoms with Crippen LogP contribution in [0.3, 0.4) is 0 Å². The van der Waals surface area contributed by atoms with Crippen LogP contribution < -0.4 is 0 Å². The van der Waals surface area contributed by atoms with Crippen molar-refractivity contribution in [2.24, 2.45) is 0 Å². The Bertz CT molecular complexity index is 2760. The van der Waals surface area contributed by atoms with Crippen LogP contribution in [0.25, 0.3) is 91.9 Å². The molecule has 10 rings (SSSR count). The highest BCUT2D eigenvalue weighted by atomic mass is 32.1. The molecule has 0 radical (unpaired) electrons. The van der Waals surface area contributed by atoms with Gasteiger partial charge in [-0.2, -0.15) is 0 Å². The third-order valence-electron chi connectivity index (χ3n) is 9.19. The second-order valence-corrected chi connectivity index (χ2v) is 12.7. The standard InChI is InChI=1S/C42H25NOS/c1-2-14-29(15-3-1)43-36-21-7-6-17-33(36)42-39(43)35-20-9-19-32(41(35)45-42)28-13-8-12-27(25-28)30-18-10-22-37-38(30)34-24-23-26-11-4-5-16-31(26)40(34)44-37/h1-25H. The molecule has 0 spiro atoms. The Morgan fingerprint density at radius 2 is 1.20 bits per heavy atom. The first kappa shape index (κ1) is 24.8. The van der Waals surface area contributed by atoms with Gasteiger partial charge in [0.25, 0.3) is 0 Å². The van der Waals surface area contributed by atoms with Crippen molar-refractivity contribution in [2.45, 2.75) is 0 Å². The molecule has 7 aromatic carbocycles. The van der Waals surface area contributed by atoms with E-state index >= 15 is 0 Å². The third-order valence-corrected chi connectivity index (χ3v) is 10.5. The molecule has 0 bridgehead atoms. The van der Waals surface area contributed by atoms with Crippen LogP contribution in [-0.4, -0.2) is 4.57 Å². The van der Waals surface area contributed by atoms with Crippen LogP contribution in [0.5, 0.6) is 0 Å². The molecule has 0 aliphatic heterocycles. The van der Waals surface area contributed by atoms with E-state index in [1.807, 2.05) is 11.3 Å². The summed E-state index contributed by atoms with van der Waals surface area (Å²) in [5.74, 6) is 0. The SMILES string of the molecule is c1ccc(-n2c3ccccc3c3sc4c(-c5cccc(-c6cccc7oc8c9ccccc9ccc8c67)c5)cccc4c32)cc1. The first-order valence-corrected chi connectivity index (χ1v) is 16.1. The molecule has 0 N–H and O–H groups in total. The number of hydrogen-bond donors (Lipinski definition) is 0. The van der Waals surface area contributed by atoms with E-state index in [-0.39, 0.29) is 0 Å². The number of fused-ring (bicyclic) bond motifs is 10. The molecule has 0 saturated carbocycles. The van der Waals surface area contributed by atoms with Crippen molar-refractivity contribution in [1.29, 1.82) is 0 Å². The largest absolute Gasteiger partial charge is 0.455 e. The van der Waals surface area contributed by atoms with Gasteiger partial charge in [0.1, 0.15) is 11.2 Å². The van der Waals surface area contributed by atoms with Gasteiger partial charge in [-0.05, 0) is 64.0 Å². The Hall–Kier alpha value is -5.64. The summed E-state index contributed by atoms with van der Waals surface area (Å²) in [6, 6.07) is 54.5. The van der Waals surface area contributed by atoms with Crippen LogP contribution in [0, 0.1) is 0 Å². The Labute approximate surface area is 263 Å². The second-order valence-electron chi connectivity index (χ2n) is 11.7. The fourth-order valence-electron chi connectivity index (χ4n) is 7.21. The average molecular weight is 592 g/mol. The predicted octanol–water partition coefficient (Wildman–Crippen LogP) is 12.4. The van der Waals surface area contributed by atoms with E-state index in [4.69, 9.17) is 4.42 Å². The van der Waals surface area contributed by atoms with Crippen LogP contribution in [0.15, 0.2) is 156 Å². The molecule has 0 saturated heterocycles. The maximum atomic E-state index is 6.51. The molecule has 0 aliphatic rings. The summed E-state index contributed by atoms with van der Waals surface area (Å²) in [7, 11) is 0. The zero-order valence-electron chi connectivity index (χ0n) is 24.2. The Morgan fingerprint density at radius 3 is 2.11 bits per heavy atom. The summed E-state index contributed by atoms with van der Waals surface area (Å²) in [6.45, 7) is 0. The second kappa shape index (κ2) is 9.43. The molecule has 10 aromatic rings. The lowest BCUT2D eigenvalue weighted by Gasteiger charge is -2.10. The zero-order valence-corrected chi connectivity index (χ0v) is 25.0. The normalized spacial score (nSPS) is 12.0. The number of hydrogen-bond acceptors (Lipinski definition) is 2. The summed E-state index contributed by atoms with van der Waals surface area (Å²) in [4.78, 5) is 0. The first-order chi connectivity index (χ1) is 22.3. The highest BCUT2D eigenvalue weighted by Crippen LogP contribution is 2.46. The molecule has 0 amide bonds. The fraction of sp³-hybridized carbons (Fsp3) is 0. The van der Waals surface area contributed by atoms with E-state index in [2.05, 4.69) is 156 Å². The molecular weight excluding hydrogens is 567 g/mol. The van der Waals surface area contributed by atoms with Gasteiger partial charge in [-0.25, -0.2) is 0 Å². The van der Waals surface area contributed by atoms with Crippen molar-refractivity contribution in [3.8, 4) is 27.9 Å². The van der Waals surface area contributed by atoms with Crippen LogP contribution in [-0.2, 0) is 0 Å². The lowest BCUT2D eigenvalue weighted by atomic mass is 9.95. The van der Waals surface area contributed by atoms with Crippen LogP contribution in [0.2, 0.25) is 0 Å². The third kappa shape index (κ3) is 3.56. The molecule has 0 aliphatic carbocycles. The number of para-hydroxylation sites is 2. The van der Waals surface area contributed by atoms with E-state index in [0.29, 0.717) is 0 Å². The van der Waals surface area contributed by atoms with Crippen LogP contribution in [0.1, 0.15) is 0 Å². The van der Waals surface area contributed by atoms with Crippen LogP contribution >= 0.6 is 11.3 Å². The molecule has 0 fully saturated rings. The van der Waals surface area contributed by atoms with Gasteiger partial charge in [0.05, 0.1) is 15.7 Å². The van der Waals surface area contributed by atoms with Gasteiger partial charge in [-0.3, -0.25) is 0 Å². The molecule has 0 unspecified atom stereocenters. The number of benzene rings is 7. The monoisotopic (exact) mass is 591 g/mol. The number of nitrogens with zero attached hydrogens (tertiary/aromatic N) is 1. The fourth-order valence-corrected chi connectivity index (χ4v) is 8.57. The van der Waals surface area contributed by atoms with Crippen LogP contribution in [0.4, 0.5) is 0 Å². The molecule has 2 nitrogen and oxygen atoms in total. The minimum Gasteiger partial charge on any atom is -0.455 e. The van der Waals surface area contributed by atoms with Crippen molar-refractivity contribution >= 4 is 75.3 Å². The van der Waals surface area contributed by atoms with E-state index < -0.39 is 0 Å². The summed E-state index contributed by atoms with van der Waals surface area (Å²) in [5.41, 5.74) is 10.4. The molecule has 3 heterocycles. The first-order valence-electron chi connectivity index (χ1n) is 15.3. The van der Waals surface area contributed by atoms with Gasteiger partial charge in [-0.1, -0.05) is 115 Å². The highest BCUT2D eigenvalue weighted by Gasteiger charge is 2.20. The van der Waals surface area contributed by atoms with Crippen molar-refractivity contribution in [2.75, 3.05) is 0 Å². The summed E-state index contributed by atoms with van der Waals surface area (Å²) in [5, 5.41) is 7.24. The Morgan fingerprint density at radius 1 is 0.489 bits per heavy atom. The number of rotatable bonds is 3. The summed E-state index contributed by atoms with van der Waals surface area (Å²) in [6.07, 6.45) is 0. The van der Waals surface area contributed by atoms with Gasteiger partial charge in [0, 0.05) is 37.3 Å². The Kier molecular flexibility index (Phi) is 5.19. The van der Waals surface area contributed by atoms with E-state index in [9.17, 15) is 0 Å². The molecule has 210 valence electrons. The van der Waals surface area contributed by atoms with Crippen molar-refractivity contribution in [3.05, 3.63) is 152 Å². The van der Waals surface area contributed by atoms with Crippen molar-refractivity contribution in [3.63, 3.8) is 0 Å². The van der Waals surface area contributed by atoms with Crippen molar-refractivity contribution in [1.82, 2.24) is 4.57 Å². The Balaban J connectivity index is 1.20. The topological polar surface area (TPSA) is 18.1 Å². The zero-order chi connectivity index (χ0) is 29.5. The lowest BCUT2D eigenvalue weighted by molar-refractivity contribution is 0.673. The summed E-state index contributed by atoms with van der Waals surface area (Å²) < 4.78 is 11.6. The number of aromatic nitrogens is 1. The summed E-state index contributed by atoms with van der Waals surface area (Å²) >= 11 is 1.90. The van der Waals surface area contributed by atoms with Gasteiger partial charge < -0.3 is 8.98 Å². The highest BCUT2D eigenvalue weighted by molar-refractivity contribution is 7.27. The minimum absolute atomic E-state index is 0.917. The lowest BCUT2D eigenvalue weighted by Crippen LogP contribution is -1.92. The van der Waals surface area contributed by atoms with Gasteiger partial charge in [-0.15, -0.1) is 11.3 Å². The van der Waals surface area contributed by atoms with Gasteiger partial charge >= 0.3 is 0 Å². The minimum atomic E-state index is 0.917. The van der Waals surface area contributed by atoms with Gasteiger partial charge in [0.15, 0.2) is 0 Å². The average Bonchev–Trinajstić information content (AvgIpc) is 3.78. The molecular formula is C42H25NOS.